The summed E-state index contributed by atoms with van der Waals surface area (Å²) < 4.78 is 0. The minimum Gasteiger partial charge on any atom is -0.0987 e. The fourth-order valence-corrected chi connectivity index (χ4v) is 2.97. The predicted octanol–water partition coefficient (Wildman–Crippen LogP) is 3.20. The molecule has 0 spiro atoms. The van der Waals surface area contributed by atoms with Crippen molar-refractivity contribution in [2.75, 3.05) is 0 Å². The van der Waals surface area contributed by atoms with Crippen LogP contribution in [0.4, 0.5) is 0 Å². The van der Waals surface area contributed by atoms with Crippen LogP contribution in [0.3, 0.4) is 0 Å². The van der Waals surface area contributed by atoms with E-state index in [-0.39, 0.29) is 0 Å². The molecule has 11 heavy (non-hydrogen) atoms. The number of hydrogen-bond acceptors (Lipinski definition) is 0. The predicted molar refractivity (Wildman–Crippen MR) is 48.1 cm³/mol. The molecule has 2 aliphatic rings. The first kappa shape index (κ1) is 7.39. The summed E-state index contributed by atoms with van der Waals surface area (Å²) >= 11 is 0. The van der Waals surface area contributed by atoms with Gasteiger partial charge in [-0.2, -0.15) is 0 Å². The highest BCUT2D eigenvalue weighted by Gasteiger charge is 2.51. The van der Waals surface area contributed by atoms with Crippen LogP contribution < -0.4 is 0 Å². The van der Waals surface area contributed by atoms with Crippen LogP contribution in [0.15, 0.2) is 12.2 Å². The highest BCUT2D eigenvalue weighted by Crippen LogP contribution is 2.61. The van der Waals surface area contributed by atoms with Gasteiger partial charge >= 0.3 is 0 Å². The summed E-state index contributed by atoms with van der Waals surface area (Å²) in [6.07, 6.45) is 2.67. The molecular formula is C11H17. The van der Waals surface area contributed by atoms with E-state index in [2.05, 4.69) is 27.4 Å². The van der Waals surface area contributed by atoms with E-state index in [9.17, 15) is 0 Å². The summed E-state index contributed by atoms with van der Waals surface area (Å²) in [5, 5.41) is 0. The van der Waals surface area contributed by atoms with E-state index in [0.717, 1.165) is 11.8 Å². The van der Waals surface area contributed by atoms with Gasteiger partial charge in [-0.3, -0.25) is 0 Å². The monoisotopic (exact) mass is 149 g/mol. The zero-order chi connectivity index (χ0) is 8.22. The van der Waals surface area contributed by atoms with Crippen LogP contribution in [-0.4, -0.2) is 0 Å². The third-order valence-corrected chi connectivity index (χ3v) is 3.85. The second-order valence-electron chi connectivity index (χ2n) is 4.80. The standard InChI is InChI=1S/C11H17/c1-7-5-9-6-10(7)11(3,4)8(9)2/h7,10H,2,5-6H2,1,3-4H3. The van der Waals surface area contributed by atoms with Crippen molar-refractivity contribution in [2.24, 2.45) is 17.3 Å². The molecule has 2 unspecified atom stereocenters. The number of rotatable bonds is 0. The second kappa shape index (κ2) is 1.91. The summed E-state index contributed by atoms with van der Waals surface area (Å²) in [4.78, 5) is 0. The van der Waals surface area contributed by atoms with Crippen LogP contribution in [0.1, 0.15) is 33.6 Å². The van der Waals surface area contributed by atoms with E-state index in [1.54, 1.807) is 5.92 Å². The van der Waals surface area contributed by atoms with Gasteiger partial charge in [0.25, 0.3) is 0 Å². The smallest absolute Gasteiger partial charge is 0.00142 e. The van der Waals surface area contributed by atoms with Crippen LogP contribution in [0.2, 0.25) is 0 Å². The van der Waals surface area contributed by atoms with Gasteiger partial charge in [0, 0.05) is 5.92 Å². The first-order chi connectivity index (χ1) is 5.03. The average molecular weight is 149 g/mol. The first-order valence-corrected chi connectivity index (χ1v) is 4.58. The fraction of sp³-hybridized carbons (Fsp3) is 0.727. The van der Waals surface area contributed by atoms with Crippen LogP contribution >= 0.6 is 0 Å². The van der Waals surface area contributed by atoms with Gasteiger partial charge in [0.2, 0.25) is 0 Å². The number of fused-ring (bicyclic) bond motifs is 2. The van der Waals surface area contributed by atoms with Gasteiger partial charge in [0.05, 0.1) is 0 Å². The van der Waals surface area contributed by atoms with Crippen molar-refractivity contribution >= 4 is 0 Å². The van der Waals surface area contributed by atoms with Crippen LogP contribution in [0.25, 0.3) is 0 Å². The SMILES string of the molecule is C=C1[C]2CC(C)C(C2)C1(C)C. The highest BCUT2D eigenvalue weighted by atomic mass is 14.6. The third-order valence-electron chi connectivity index (χ3n) is 3.85. The van der Waals surface area contributed by atoms with Crippen molar-refractivity contribution in [3.63, 3.8) is 0 Å². The summed E-state index contributed by atoms with van der Waals surface area (Å²) in [6.45, 7) is 11.3. The fourth-order valence-electron chi connectivity index (χ4n) is 2.97. The molecule has 0 nitrogen and oxygen atoms in total. The Balaban J connectivity index is 2.34. The molecule has 0 saturated heterocycles. The minimum absolute atomic E-state index is 0.410. The van der Waals surface area contributed by atoms with E-state index in [4.69, 9.17) is 0 Å². The van der Waals surface area contributed by atoms with Crippen LogP contribution in [0, 0.1) is 23.2 Å². The van der Waals surface area contributed by atoms with Gasteiger partial charge in [-0.05, 0) is 30.1 Å². The Kier molecular flexibility index (Phi) is 1.28. The molecular weight excluding hydrogens is 132 g/mol. The summed E-state index contributed by atoms with van der Waals surface area (Å²) in [5.74, 6) is 3.46. The summed E-state index contributed by atoms with van der Waals surface area (Å²) in [6, 6.07) is 0. The lowest BCUT2D eigenvalue weighted by Gasteiger charge is -2.35. The van der Waals surface area contributed by atoms with Crippen molar-refractivity contribution in [1.82, 2.24) is 0 Å². The van der Waals surface area contributed by atoms with E-state index in [0.29, 0.717) is 5.41 Å². The topological polar surface area (TPSA) is 0 Å². The zero-order valence-electron chi connectivity index (χ0n) is 7.78. The van der Waals surface area contributed by atoms with Crippen molar-refractivity contribution in [1.29, 1.82) is 0 Å². The highest BCUT2D eigenvalue weighted by molar-refractivity contribution is 5.38. The van der Waals surface area contributed by atoms with Crippen molar-refractivity contribution in [2.45, 2.75) is 33.6 Å². The van der Waals surface area contributed by atoms with Gasteiger partial charge < -0.3 is 0 Å². The molecule has 2 bridgehead atoms. The van der Waals surface area contributed by atoms with Crippen LogP contribution in [0.5, 0.6) is 0 Å². The van der Waals surface area contributed by atoms with Crippen molar-refractivity contribution in [3.8, 4) is 0 Å². The lowest BCUT2D eigenvalue weighted by atomic mass is 9.69. The van der Waals surface area contributed by atoms with Gasteiger partial charge in [-0.25, -0.2) is 0 Å². The Morgan fingerprint density at radius 3 is 2.36 bits per heavy atom. The summed E-state index contributed by atoms with van der Waals surface area (Å²) in [7, 11) is 0. The molecule has 2 atom stereocenters. The largest absolute Gasteiger partial charge is 0.0987 e. The lowest BCUT2D eigenvalue weighted by molar-refractivity contribution is 0.227. The molecule has 0 amide bonds. The van der Waals surface area contributed by atoms with E-state index >= 15 is 0 Å². The molecule has 0 heterocycles. The lowest BCUT2D eigenvalue weighted by Crippen LogP contribution is -2.27. The van der Waals surface area contributed by atoms with E-state index < -0.39 is 0 Å². The Morgan fingerprint density at radius 1 is 1.36 bits per heavy atom. The quantitative estimate of drug-likeness (QED) is 0.496. The Labute approximate surface area is 69.7 Å². The van der Waals surface area contributed by atoms with Gasteiger partial charge in [0.1, 0.15) is 0 Å². The minimum atomic E-state index is 0.410. The molecule has 0 N–H and O–H groups in total. The first-order valence-electron chi connectivity index (χ1n) is 4.58. The van der Waals surface area contributed by atoms with E-state index in [1.165, 1.54) is 18.4 Å². The molecule has 61 valence electrons. The normalized spacial score (nSPS) is 41.9. The van der Waals surface area contributed by atoms with Gasteiger partial charge in [-0.1, -0.05) is 32.9 Å². The number of allylic oxidation sites excluding steroid dienone is 1. The molecule has 2 rings (SSSR count). The van der Waals surface area contributed by atoms with Gasteiger partial charge in [-0.15, -0.1) is 0 Å². The summed E-state index contributed by atoms with van der Waals surface area (Å²) in [5.41, 5.74) is 1.85. The molecule has 2 aliphatic carbocycles. The van der Waals surface area contributed by atoms with E-state index in [1.807, 2.05) is 0 Å². The molecule has 2 saturated carbocycles. The molecule has 0 aliphatic heterocycles. The second-order valence-corrected chi connectivity index (χ2v) is 4.80. The number of hydrogen-bond donors (Lipinski definition) is 0. The molecule has 0 heteroatoms. The zero-order valence-corrected chi connectivity index (χ0v) is 7.78. The average Bonchev–Trinajstić information content (AvgIpc) is 2.35. The Hall–Kier alpha value is -0.260. The van der Waals surface area contributed by atoms with Crippen LogP contribution in [-0.2, 0) is 0 Å². The van der Waals surface area contributed by atoms with Crippen molar-refractivity contribution < 1.29 is 0 Å². The maximum absolute atomic E-state index is 4.19. The van der Waals surface area contributed by atoms with Gasteiger partial charge in [0.15, 0.2) is 0 Å². The molecule has 2 fully saturated rings. The maximum Gasteiger partial charge on any atom is 0.00142 e. The Morgan fingerprint density at radius 2 is 2.00 bits per heavy atom. The Bertz CT molecular complexity index is 200. The molecule has 0 aromatic heterocycles. The molecule has 0 aromatic carbocycles. The van der Waals surface area contributed by atoms with Crippen molar-refractivity contribution in [3.05, 3.63) is 18.1 Å². The molecule has 0 aromatic rings. The molecule has 1 radical (unpaired) electrons. The third kappa shape index (κ3) is 0.758. The maximum atomic E-state index is 4.19.